The van der Waals surface area contributed by atoms with Crippen LogP contribution in [0.15, 0.2) is 54.6 Å². The summed E-state index contributed by atoms with van der Waals surface area (Å²) in [6.07, 6.45) is 0.602. The van der Waals surface area contributed by atoms with Crippen molar-refractivity contribution in [2.45, 2.75) is 6.42 Å². The fraction of sp³-hybridized carbons (Fsp3) is 0.143. The lowest BCUT2D eigenvalue weighted by molar-refractivity contribution is 0.197. The Morgan fingerprint density at radius 2 is 1.47 bits per heavy atom. The van der Waals surface area contributed by atoms with Gasteiger partial charge in [-0.2, -0.15) is 0 Å². The highest BCUT2D eigenvalue weighted by Gasteiger charge is 2.02. The average molecular weight is 197 g/mol. The van der Waals surface area contributed by atoms with E-state index in [1.54, 1.807) is 0 Å². The van der Waals surface area contributed by atoms with Crippen LogP contribution >= 0.6 is 0 Å². The van der Waals surface area contributed by atoms with E-state index in [0.717, 1.165) is 5.56 Å². The molecule has 2 aromatic carbocycles. The van der Waals surface area contributed by atoms with Gasteiger partial charge in [-0.15, -0.1) is 0 Å². The quantitative estimate of drug-likeness (QED) is 0.719. The van der Waals surface area contributed by atoms with Gasteiger partial charge < -0.3 is 0 Å². The molecule has 0 fully saturated rings. The van der Waals surface area contributed by atoms with Gasteiger partial charge in [-0.25, -0.2) is 5.11 Å². The Kier molecular flexibility index (Phi) is 3.15. The molecule has 0 aromatic heterocycles. The predicted molar refractivity (Wildman–Crippen MR) is 61.1 cm³/mol. The number of hydrogen-bond donors (Lipinski definition) is 0. The maximum atomic E-state index is 10.7. The first-order valence-corrected chi connectivity index (χ1v) is 5.13. The first kappa shape index (κ1) is 9.94. The summed E-state index contributed by atoms with van der Waals surface area (Å²) in [6.45, 7) is -0.0517. The first-order chi connectivity index (χ1) is 7.42. The molecule has 0 heterocycles. The van der Waals surface area contributed by atoms with Crippen LogP contribution in [0.1, 0.15) is 5.56 Å². The Hall–Kier alpha value is -1.60. The monoisotopic (exact) mass is 197 g/mol. The van der Waals surface area contributed by atoms with E-state index in [0.29, 0.717) is 6.42 Å². The largest absolute Gasteiger partial charge is 0.236 e. The normalized spacial score (nSPS) is 10.2. The second kappa shape index (κ2) is 4.76. The second-order valence-corrected chi connectivity index (χ2v) is 3.48. The lowest BCUT2D eigenvalue weighted by Crippen LogP contribution is -1.92. The third-order valence-electron chi connectivity index (χ3n) is 2.47. The molecule has 2 rings (SSSR count). The van der Waals surface area contributed by atoms with Crippen molar-refractivity contribution in [3.63, 3.8) is 0 Å². The van der Waals surface area contributed by atoms with Crippen molar-refractivity contribution in [1.29, 1.82) is 0 Å². The van der Waals surface area contributed by atoms with Crippen molar-refractivity contribution < 1.29 is 5.11 Å². The summed E-state index contributed by atoms with van der Waals surface area (Å²) in [5.74, 6) is 0. The molecule has 0 unspecified atom stereocenters. The molecule has 0 saturated heterocycles. The molecule has 15 heavy (non-hydrogen) atoms. The van der Waals surface area contributed by atoms with Gasteiger partial charge in [-0.05, 0) is 23.1 Å². The smallest absolute Gasteiger partial charge is 0.0862 e. The van der Waals surface area contributed by atoms with Gasteiger partial charge in [0, 0.05) is 0 Å². The molecule has 1 radical (unpaired) electrons. The third kappa shape index (κ3) is 2.25. The summed E-state index contributed by atoms with van der Waals surface area (Å²) in [7, 11) is 0. The standard InChI is InChI=1S/C14H13O/c15-11-10-13-8-4-5-9-14(13)12-6-2-1-3-7-12/h1-9H,10-11H2. The van der Waals surface area contributed by atoms with Crippen molar-refractivity contribution in [2.75, 3.05) is 6.61 Å². The van der Waals surface area contributed by atoms with Gasteiger partial charge >= 0.3 is 0 Å². The maximum absolute atomic E-state index is 10.7. The molecule has 0 aliphatic rings. The topological polar surface area (TPSA) is 19.9 Å². The summed E-state index contributed by atoms with van der Waals surface area (Å²) < 4.78 is 0. The molecule has 0 spiro atoms. The zero-order valence-corrected chi connectivity index (χ0v) is 8.52. The van der Waals surface area contributed by atoms with E-state index in [1.165, 1.54) is 11.1 Å². The highest BCUT2D eigenvalue weighted by atomic mass is 16.2. The summed E-state index contributed by atoms with van der Waals surface area (Å²) in [5.41, 5.74) is 3.49. The molecular weight excluding hydrogens is 184 g/mol. The Morgan fingerprint density at radius 3 is 2.20 bits per heavy atom. The van der Waals surface area contributed by atoms with E-state index in [9.17, 15) is 5.11 Å². The molecule has 0 saturated carbocycles. The van der Waals surface area contributed by atoms with Crippen LogP contribution in [-0.4, -0.2) is 6.61 Å². The molecule has 0 aliphatic carbocycles. The van der Waals surface area contributed by atoms with Crippen LogP contribution in [0.2, 0.25) is 0 Å². The minimum Gasteiger partial charge on any atom is -0.236 e. The molecular formula is C14H13O. The van der Waals surface area contributed by atoms with Gasteiger partial charge in [0.25, 0.3) is 0 Å². The Balaban J connectivity index is 2.43. The van der Waals surface area contributed by atoms with Gasteiger partial charge in [0.15, 0.2) is 0 Å². The molecule has 0 atom stereocenters. The molecule has 1 nitrogen and oxygen atoms in total. The lowest BCUT2D eigenvalue weighted by atomic mass is 9.98. The second-order valence-electron chi connectivity index (χ2n) is 3.48. The minimum atomic E-state index is -0.0517. The van der Waals surface area contributed by atoms with Gasteiger partial charge in [-0.1, -0.05) is 54.6 Å². The SMILES string of the molecule is [O]CCc1ccccc1-c1ccccc1. The zero-order valence-electron chi connectivity index (χ0n) is 8.52. The predicted octanol–water partition coefficient (Wildman–Crippen LogP) is 3.33. The molecule has 75 valence electrons. The van der Waals surface area contributed by atoms with Gasteiger partial charge in [0.1, 0.15) is 0 Å². The molecule has 1 heteroatoms. The number of benzene rings is 2. The van der Waals surface area contributed by atoms with Crippen LogP contribution in [0.25, 0.3) is 11.1 Å². The summed E-state index contributed by atoms with van der Waals surface area (Å²) in [6, 6.07) is 18.3. The van der Waals surface area contributed by atoms with Crippen LogP contribution in [0.4, 0.5) is 0 Å². The van der Waals surface area contributed by atoms with Gasteiger partial charge in [0.05, 0.1) is 6.61 Å². The van der Waals surface area contributed by atoms with Crippen LogP contribution in [-0.2, 0) is 11.5 Å². The Labute approximate surface area is 90.0 Å². The third-order valence-corrected chi connectivity index (χ3v) is 2.47. The molecule has 0 amide bonds. The van der Waals surface area contributed by atoms with Crippen LogP contribution in [0, 0.1) is 0 Å². The fourth-order valence-electron chi connectivity index (χ4n) is 1.75. The number of hydrogen-bond acceptors (Lipinski definition) is 0. The van der Waals surface area contributed by atoms with Crippen LogP contribution < -0.4 is 0 Å². The molecule has 2 aromatic rings. The fourth-order valence-corrected chi connectivity index (χ4v) is 1.75. The van der Waals surface area contributed by atoms with Crippen LogP contribution in [0.3, 0.4) is 0 Å². The van der Waals surface area contributed by atoms with E-state index >= 15 is 0 Å². The average Bonchev–Trinajstić information content (AvgIpc) is 2.31. The van der Waals surface area contributed by atoms with E-state index in [1.807, 2.05) is 36.4 Å². The van der Waals surface area contributed by atoms with E-state index in [-0.39, 0.29) is 6.61 Å². The minimum absolute atomic E-state index is 0.0517. The van der Waals surface area contributed by atoms with Crippen molar-refractivity contribution in [3.05, 3.63) is 60.2 Å². The van der Waals surface area contributed by atoms with Crippen molar-refractivity contribution in [3.8, 4) is 11.1 Å². The zero-order chi connectivity index (χ0) is 10.5. The van der Waals surface area contributed by atoms with Crippen LogP contribution in [0.5, 0.6) is 0 Å². The molecule has 0 bridgehead atoms. The Morgan fingerprint density at radius 1 is 0.800 bits per heavy atom. The Bertz CT molecular complexity index is 420. The van der Waals surface area contributed by atoms with Crippen molar-refractivity contribution in [1.82, 2.24) is 0 Å². The van der Waals surface area contributed by atoms with E-state index < -0.39 is 0 Å². The number of rotatable bonds is 3. The van der Waals surface area contributed by atoms with E-state index in [4.69, 9.17) is 0 Å². The van der Waals surface area contributed by atoms with Crippen molar-refractivity contribution in [2.24, 2.45) is 0 Å². The molecule has 0 aliphatic heterocycles. The highest BCUT2D eigenvalue weighted by molar-refractivity contribution is 5.67. The first-order valence-electron chi connectivity index (χ1n) is 5.13. The van der Waals surface area contributed by atoms with E-state index in [2.05, 4.69) is 18.2 Å². The summed E-state index contributed by atoms with van der Waals surface area (Å²) >= 11 is 0. The van der Waals surface area contributed by atoms with Crippen molar-refractivity contribution >= 4 is 0 Å². The van der Waals surface area contributed by atoms with Gasteiger partial charge in [-0.3, -0.25) is 0 Å². The highest BCUT2D eigenvalue weighted by Crippen LogP contribution is 2.23. The summed E-state index contributed by atoms with van der Waals surface area (Å²) in [5, 5.41) is 10.7. The maximum Gasteiger partial charge on any atom is 0.0862 e. The lowest BCUT2D eigenvalue weighted by Gasteiger charge is -2.07. The summed E-state index contributed by atoms with van der Waals surface area (Å²) in [4.78, 5) is 0. The molecule has 0 N–H and O–H groups in total. The van der Waals surface area contributed by atoms with Gasteiger partial charge in [0.2, 0.25) is 0 Å².